The van der Waals surface area contributed by atoms with E-state index in [0.717, 1.165) is 25.7 Å². The summed E-state index contributed by atoms with van der Waals surface area (Å²) in [6.45, 7) is 6.81. The number of piperidine rings is 2. The molecule has 0 aromatic carbocycles. The third kappa shape index (κ3) is 3.35. The minimum atomic E-state index is -0.219. The van der Waals surface area contributed by atoms with Gasteiger partial charge in [0.25, 0.3) is 0 Å². The van der Waals surface area contributed by atoms with Crippen LogP contribution < -0.4 is 0 Å². The summed E-state index contributed by atoms with van der Waals surface area (Å²) in [6, 6.07) is 0.305. The fourth-order valence-corrected chi connectivity index (χ4v) is 4.10. The maximum absolute atomic E-state index is 12.7. The van der Waals surface area contributed by atoms with Gasteiger partial charge in [-0.05, 0) is 32.6 Å². The van der Waals surface area contributed by atoms with Gasteiger partial charge in [0.15, 0.2) is 0 Å². The number of cyclic esters (lactones) is 1. The Morgan fingerprint density at radius 2 is 1.58 bits per heavy atom. The second kappa shape index (κ2) is 6.99. The first-order chi connectivity index (χ1) is 11.5. The van der Waals surface area contributed by atoms with Crippen LogP contribution in [0.1, 0.15) is 39.5 Å². The highest BCUT2D eigenvalue weighted by Crippen LogP contribution is 2.26. The number of nitrogens with zero attached hydrogens (tertiary/aromatic N) is 3. The van der Waals surface area contributed by atoms with E-state index >= 15 is 0 Å². The average molecular weight is 337 g/mol. The summed E-state index contributed by atoms with van der Waals surface area (Å²) in [5.41, 5.74) is 0. The normalized spacial score (nSPS) is 26.7. The second-order valence-electron chi connectivity index (χ2n) is 7.17. The van der Waals surface area contributed by atoms with Crippen LogP contribution in [0.25, 0.3) is 0 Å². The number of hydrogen-bond donors (Lipinski definition) is 0. The van der Waals surface area contributed by atoms with Crippen LogP contribution in [0.2, 0.25) is 0 Å². The zero-order valence-electron chi connectivity index (χ0n) is 14.6. The summed E-state index contributed by atoms with van der Waals surface area (Å²) in [5, 5.41) is 0. The van der Waals surface area contributed by atoms with Crippen molar-refractivity contribution in [3.63, 3.8) is 0 Å². The van der Waals surface area contributed by atoms with E-state index in [9.17, 15) is 14.4 Å². The number of rotatable bonds is 2. The van der Waals surface area contributed by atoms with Gasteiger partial charge in [0.1, 0.15) is 6.61 Å². The lowest BCUT2D eigenvalue weighted by atomic mass is 9.93. The molecule has 0 N–H and O–H groups in total. The van der Waals surface area contributed by atoms with Crippen LogP contribution in [-0.4, -0.2) is 77.5 Å². The van der Waals surface area contributed by atoms with Crippen LogP contribution in [0.5, 0.6) is 0 Å². The van der Waals surface area contributed by atoms with E-state index in [4.69, 9.17) is 4.74 Å². The Kier molecular flexibility index (Phi) is 4.96. The topological polar surface area (TPSA) is 70.2 Å². The van der Waals surface area contributed by atoms with E-state index in [0.29, 0.717) is 32.8 Å². The van der Waals surface area contributed by atoms with E-state index in [-0.39, 0.29) is 35.9 Å². The molecule has 0 saturated carbocycles. The maximum atomic E-state index is 12.7. The average Bonchev–Trinajstić information content (AvgIpc) is 2.93. The van der Waals surface area contributed by atoms with Crippen molar-refractivity contribution in [2.24, 2.45) is 5.92 Å². The van der Waals surface area contributed by atoms with E-state index in [1.165, 1.54) is 0 Å². The molecule has 7 heteroatoms. The maximum Gasteiger partial charge on any atom is 0.410 e. The molecule has 24 heavy (non-hydrogen) atoms. The lowest BCUT2D eigenvalue weighted by molar-refractivity contribution is -0.141. The highest BCUT2D eigenvalue weighted by Gasteiger charge is 2.38. The Hall–Kier alpha value is -1.79. The van der Waals surface area contributed by atoms with Gasteiger partial charge in [-0.3, -0.25) is 14.5 Å². The molecule has 3 heterocycles. The Bertz CT molecular complexity index is 508. The molecule has 3 saturated heterocycles. The van der Waals surface area contributed by atoms with Crippen molar-refractivity contribution in [3.8, 4) is 0 Å². The lowest BCUT2D eigenvalue weighted by Gasteiger charge is -2.39. The van der Waals surface area contributed by atoms with Crippen molar-refractivity contribution >= 4 is 17.9 Å². The van der Waals surface area contributed by atoms with Crippen LogP contribution in [0, 0.1) is 5.92 Å². The SMILES string of the molecule is CC(=O)N1CCC(C(=O)N2CCC(N3C(=O)OCC3C)CC2)CC1. The fraction of sp³-hybridized carbons (Fsp3) is 0.824. The van der Waals surface area contributed by atoms with Gasteiger partial charge in [0.05, 0.1) is 6.04 Å². The van der Waals surface area contributed by atoms with E-state index in [1.54, 1.807) is 6.92 Å². The first kappa shape index (κ1) is 17.0. The van der Waals surface area contributed by atoms with Crippen molar-refractivity contribution in [2.45, 2.75) is 51.6 Å². The van der Waals surface area contributed by atoms with Crippen molar-refractivity contribution in [3.05, 3.63) is 0 Å². The van der Waals surface area contributed by atoms with Gasteiger partial charge in [-0.25, -0.2) is 4.79 Å². The molecule has 0 radical (unpaired) electrons. The van der Waals surface area contributed by atoms with Crippen molar-refractivity contribution in [1.29, 1.82) is 0 Å². The smallest absolute Gasteiger partial charge is 0.410 e. The molecular formula is C17H27N3O4. The third-order valence-corrected chi connectivity index (χ3v) is 5.59. The van der Waals surface area contributed by atoms with Crippen molar-refractivity contribution in [1.82, 2.24) is 14.7 Å². The molecule has 3 fully saturated rings. The minimum absolute atomic E-state index is 0.0350. The van der Waals surface area contributed by atoms with Crippen molar-refractivity contribution in [2.75, 3.05) is 32.8 Å². The molecule has 0 aliphatic carbocycles. The first-order valence-corrected chi connectivity index (χ1v) is 8.96. The molecule has 1 atom stereocenters. The van der Waals surface area contributed by atoms with Gasteiger partial charge in [0, 0.05) is 45.1 Å². The largest absolute Gasteiger partial charge is 0.447 e. The molecule has 7 nitrogen and oxygen atoms in total. The number of carbonyl (C=O) groups is 3. The van der Waals surface area contributed by atoms with Crippen LogP contribution in [0.4, 0.5) is 4.79 Å². The van der Waals surface area contributed by atoms with Crippen LogP contribution in [0.15, 0.2) is 0 Å². The quantitative estimate of drug-likeness (QED) is 0.756. The number of likely N-dealkylation sites (tertiary alicyclic amines) is 2. The molecule has 3 rings (SSSR count). The summed E-state index contributed by atoms with van der Waals surface area (Å²) in [5.74, 6) is 0.342. The monoisotopic (exact) mass is 337 g/mol. The van der Waals surface area contributed by atoms with Gasteiger partial charge in [0.2, 0.25) is 11.8 Å². The highest BCUT2D eigenvalue weighted by molar-refractivity contribution is 5.80. The van der Waals surface area contributed by atoms with E-state index in [2.05, 4.69) is 0 Å². The molecule has 1 unspecified atom stereocenters. The number of hydrogen-bond acceptors (Lipinski definition) is 4. The van der Waals surface area contributed by atoms with Gasteiger partial charge < -0.3 is 14.5 Å². The standard InChI is InChI=1S/C17H27N3O4/c1-12-11-24-17(23)20(12)15-5-9-19(10-6-15)16(22)14-3-7-18(8-4-14)13(2)21/h12,14-15H,3-11H2,1-2H3. The van der Waals surface area contributed by atoms with E-state index in [1.807, 2.05) is 21.6 Å². The molecule has 0 spiro atoms. The first-order valence-electron chi connectivity index (χ1n) is 8.96. The lowest BCUT2D eigenvalue weighted by Crippen LogP contribution is -2.51. The van der Waals surface area contributed by atoms with E-state index < -0.39 is 0 Å². The number of amides is 3. The predicted molar refractivity (Wildman–Crippen MR) is 87.2 cm³/mol. The summed E-state index contributed by atoms with van der Waals surface area (Å²) in [6.07, 6.45) is 2.93. The fourth-order valence-electron chi connectivity index (χ4n) is 4.10. The van der Waals surface area contributed by atoms with Crippen LogP contribution in [-0.2, 0) is 14.3 Å². The summed E-state index contributed by atoms with van der Waals surface area (Å²) in [4.78, 5) is 41.5. The molecule has 134 valence electrons. The molecule has 0 bridgehead atoms. The molecule has 0 aromatic heterocycles. The van der Waals surface area contributed by atoms with Crippen LogP contribution in [0.3, 0.4) is 0 Å². The molecule has 3 amide bonds. The Morgan fingerprint density at radius 1 is 1.00 bits per heavy atom. The number of carbonyl (C=O) groups excluding carboxylic acids is 3. The highest BCUT2D eigenvalue weighted by atomic mass is 16.6. The summed E-state index contributed by atoms with van der Waals surface area (Å²) >= 11 is 0. The van der Waals surface area contributed by atoms with Gasteiger partial charge in [-0.2, -0.15) is 0 Å². The zero-order valence-corrected chi connectivity index (χ0v) is 14.6. The zero-order chi connectivity index (χ0) is 17.3. The second-order valence-corrected chi connectivity index (χ2v) is 7.17. The van der Waals surface area contributed by atoms with Gasteiger partial charge >= 0.3 is 6.09 Å². The molecule has 0 aromatic rings. The minimum Gasteiger partial charge on any atom is -0.447 e. The summed E-state index contributed by atoms with van der Waals surface area (Å²) in [7, 11) is 0. The molecule has 3 aliphatic heterocycles. The number of ether oxygens (including phenoxy) is 1. The molecule has 3 aliphatic rings. The van der Waals surface area contributed by atoms with Gasteiger partial charge in [-0.15, -0.1) is 0 Å². The van der Waals surface area contributed by atoms with Gasteiger partial charge in [-0.1, -0.05) is 0 Å². The van der Waals surface area contributed by atoms with Crippen LogP contribution >= 0.6 is 0 Å². The Morgan fingerprint density at radius 3 is 2.08 bits per heavy atom. The summed E-state index contributed by atoms with van der Waals surface area (Å²) < 4.78 is 5.10. The Labute approximate surface area is 142 Å². The predicted octanol–water partition coefficient (Wildman–Crippen LogP) is 1.08. The molecular weight excluding hydrogens is 310 g/mol. The third-order valence-electron chi connectivity index (χ3n) is 5.59. The Balaban J connectivity index is 1.49. The van der Waals surface area contributed by atoms with Crippen molar-refractivity contribution < 1.29 is 19.1 Å².